The number of nitrogens with two attached hydrogens (primary N) is 1. The summed E-state index contributed by atoms with van der Waals surface area (Å²) in [6.45, 7) is 0.401. The Kier molecular flexibility index (Phi) is 11.2. The second kappa shape index (κ2) is 14.8. The van der Waals surface area contributed by atoms with Gasteiger partial charge in [0, 0.05) is 34.3 Å². The molecule has 6 rings (SSSR count). The van der Waals surface area contributed by atoms with E-state index in [1.54, 1.807) is 48.8 Å². The number of nitrogens with one attached hydrogen (secondary N) is 1. The van der Waals surface area contributed by atoms with Gasteiger partial charge in [-0.2, -0.15) is 10.2 Å². The first-order chi connectivity index (χ1) is 19.9. The molecule has 0 aliphatic rings. The van der Waals surface area contributed by atoms with E-state index in [1.807, 2.05) is 16.8 Å². The van der Waals surface area contributed by atoms with Crippen LogP contribution in [0.4, 0.5) is 8.78 Å². The van der Waals surface area contributed by atoms with Gasteiger partial charge in [0.1, 0.15) is 17.7 Å². The third kappa shape index (κ3) is 7.67. The minimum Gasteiger partial charge on any atom is -0.381 e. The highest BCUT2D eigenvalue weighted by molar-refractivity contribution is 7.13. The van der Waals surface area contributed by atoms with Crippen LogP contribution >= 0.6 is 35.1 Å². The molecule has 4 aromatic heterocycles. The lowest BCUT2D eigenvalue weighted by molar-refractivity contribution is 0.586. The number of halogens is 3. The van der Waals surface area contributed by atoms with E-state index in [2.05, 4.69) is 30.1 Å². The Morgan fingerprint density at radius 3 is 1.77 bits per heavy atom. The first kappa shape index (κ1) is 32.6. The molecule has 6 aromatic rings. The zero-order valence-electron chi connectivity index (χ0n) is 22.1. The number of amidine groups is 1. The Morgan fingerprint density at radius 2 is 1.33 bits per heavy atom. The van der Waals surface area contributed by atoms with Crippen molar-refractivity contribution in [2.24, 2.45) is 5.73 Å². The number of nitrogens with zero attached hydrogens (tertiary/aromatic N) is 9. The van der Waals surface area contributed by atoms with E-state index in [1.165, 1.54) is 44.2 Å². The molecule has 6 N–H and O–H groups in total. The number of hydrogen-bond acceptors (Lipinski definition) is 11. The fourth-order valence-electron chi connectivity index (χ4n) is 3.63. The normalized spacial score (nSPS) is 10.1. The maximum absolute atomic E-state index is 13.8. The molecule has 0 saturated carbocycles. The van der Waals surface area contributed by atoms with Crippen LogP contribution in [0.5, 0.6) is 0 Å². The first-order valence-electron chi connectivity index (χ1n) is 11.8. The summed E-state index contributed by atoms with van der Waals surface area (Å²) in [5.74, 6) is 0.232. The van der Waals surface area contributed by atoms with Gasteiger partial charge in [0.25, 0.3) is 5.82 Å². The smallest absolute Gasteiger partial charge is 0.252 e. The molecule has 12 nitrogen and oxygen atoms in total. The maximum atomic E-state index is 13.8. The van der Waals surface area contributed by atoms with Crippen molar-refractivity contribution in [3.8, 4) is 27.7 Å². The van der Waals surface area contributed by atoms with Gasteiger partial charge in [-0.1, -0.05) is 36.4 Å². The summed E-state index contributed by atoms with van der Waals surface area (Å²) in [5, 5.41) is 29.5. The van der Waals surface area contributed by atoms with Crippen LogP contribution in [0.25, 0.3) is 21.7 Å². The Morgan fingerprint density at radius 1 is 0.837 bits per heavy atom. The molecule has 0 spiro atoms. The molecule has 220 valence electrons. The molecular formula is C26H23ClF2N12S2. The minimum atomic E-state index is -0.317. The summed E-state index contributed by atoms with van der Waals surface area (Å²) in [7, 11) is 0. The second-order valence-electron chi connectivity index (χ2n) is 8.22. The molecule has 0 unspecified atom stereocenters. The Labute approximate surface area is 258 Å². The van der Waals surface area contributed by atoms with E-state index in [9.17, 15) is 8.78 Å². The minimum absolute atomic E-state index is 0. The van der Waals surface area contributed by atoms with E-state index in [0.717, 1.165) is 0 Å². The topological polar surface area (TPSA) is 196 Å². The van der Waals surface area contributed by atoms with Crippen molar-refractivity contribution < 1.29 is 8.78 Å². The van der Waals surface area contributed by atoms with Gasteiger partial charge in [0.15, 0.2) is 27.5 Å². The SMILES string of the molecule is Cl.N.N#Cc1nc(-c2nccs2)n(Cc2ccccc2F)n1.N=C(N)c1nc(-c2nccs2)n(Cc2ccccc2F)n1. The lowest BCUT2D eigenvalue weighted by Crippen LogP contribution is -2.14. The summed E-state index contributed by atoms with van der Waals surface area (Å²) in [5.41, 5.74) is 6.39. The van der Waals surface area contributed by atoms with Crippen LogP contribution < -0.4 is 11.9 Å². The first-order valence-corrected chi connectivity index (χ1v) is 13.6. The molecule has 0 amide bonds. The van der Waals surface area contributed by atoms with E-state index >= 15 is 0 Å². The fraction of sp³-hybridized carbons (Fsp3) is 0.0769. The van der Waals surface area contributed by atoms with E-state index in [4.69, 9.17) is 16.4 Å². The number of aromatic nitrogens is 8. The molecule has 0 aliphatic heterocycles. The number of rotatable bonds is 7. The van der Waals surface area contributed by atoms with Crippen LogP contribution in [0.1, 0.15) is 22.8 Å². The highest BCUT2D eigenvalue weighted by Crippen LogP contribution is 2.22. The van der Waals surface area contributed by atoms with E-state index in [0.29, 0.717) is 32.8 Å². The van der Waals surface area contributed by atoms with Crippen molar-refractivity contribution in [1.29, 1.82) is 10.7 Å². The van der Waals surface area contributed by atoms with Crippen LogP contribution in [0, 0.1) is 28.4 Å². The molecule has 0 aliphatic carbocycles. The van der Waals surface area contributed by atoms with Gasteiger partial charge >= 0.3 is 0 Å². The Balaban J connectivity index is 0.000000225. The maximum Gasteiger partial charge on any atom is 0.252 e. The summed E-state index contributed by atoms with van der Waals surface area (Å²) in [6, 6.07) is 14.8. The zero-order chi connectivity index (χ0) is 28.8. The van der Waals surface area contributed by atoms with Gasteiger partial charge in [-0.25, -0.2) is 33.1 Å². The van der Waals surface area contributed by atoms with Crippen molar-refractivity contribution in [2.45, 2.75) is 13.1 Å². The zero-order valence-corrected chi connectivity index (χ0v) is 24.6. The largest absolute Gasteiger partial charge is 0.381 e. The summed E-state index contributed by atoms with van der Waals surface area (Å²) < 4.78 is 30.5. The monoisotopic (exact) mass is 640 g/mol. The molecule has 0 atom stereocenters. The molecule has 2 aromatic carbocycles. The fourth-order valence-corrected chi connectivity index (χ4v) is 4.88. The third-order valence-corrected chi connectivity index (χ3v) is 7.03. The quantitative estimate of drug-likeness (QED) is 0.160. The van der Waals surface area contributed by atoms with Gasteiger partial charge in [-0.05, 0) is 12.1 Å². The number of benzene rings is 2. The molecule has 0 saturated heterocycles. The van der Waals surface area contributed by atoms with Gasteiger partial charge < -0.3 is 11.9 Å². The molecule has 43 heavy (non-hydrogen) atoms. The van der Waals surface area contributed by atoms with Crippen molar-refractivity contribution in [1.82, 2.24) is 45.6 Å². The van der Waals surface area contributed by atoms with Crippen LogP contribution in [-0.2, 0) is 13.1 Å². The number of hydrogen-bond donors (Lipinski definition) is 3. The average molecular weight is 641 g/mol. The number of nitrogen functional groups attached to an aromatic ring is 1. The van der Waals surface area contributed by atoms with Crippen molar-refractivity contribution in [3.05, 3.63) is 106 Å². The van der Waals surface area contributed by atoms with E-state index in [-0.39, 0.29) is 60.8 Å². The van der Waals surface area contributed by atoms with E-state index < -0.39 is 0 Å². The summed E-state index contributed by atoms with van der Waals surface area (Å²) in [4.78, 5) is 16.6. The van der Waals surface area contributed by atoms with Crippen LogP contribution in [0.15, 0.2) is 71.7 Å². The second-order valence-corrected chi connectivity index (χ2v) is 10.0. The molecule has 0 fully saturated rings. The summed E-state index contributed by atoms with van der Waals surface area (Å²) in [6.07, 6.45) is 3.30. The lowest BCUT2D eigenvalue weighted by Gasteiger charge is -2.05. The average Bonchev–Trinajstić information content (AvgIpc) is 3.78. The molecule has 4 heterocycles. The third-order valence-electron chi connectivity index (χ3n) is 5.49. The standard InChI is InChI=1S/C13H11FN6S.C13H8FN5S.ClH.H3N/c14-9-4-2-1-3-8(9)7-20-12(13-17-5-6-21-13)18-11(19-20)10(15)16;14-10-4-2-1-3-9(10)8-19-12(13-16-5-6-20-13)17-11(7-15)18-19;;/h1-6H,7H2,(H3,15,16);1-6H,8H2;1H;1H3. The Bertz CT molecular complexity index is 1830. The molecule has 0 bridgehead atoms. The van der Waals surface area contributed by atoms with Crippen LogP contribution in [-0.4, -0.2) is 45.3 Å². The molecule has 0 radical (unpaired) electrons. The number of nitriles is 1. The molecule has 17 heteroatoms. The predicted octanol–water partition coefficient (Wildman–Crippen LogP) is 4.92. The number of thiazole rings is 2. The van der Waals surface area contributed by atoms with Gasteiger partial charge in [-0.15, -0.1) is 45.3 Å². The van der Waals surface area contributed by atoms with Gasteiger partial charge in [-0.3, -0.25) is 5.41 Å². The Hall–Kier alpha value is -4.95. The molecular weight excluding hydrogens is 618 g/mol. The van der Waals surface area contributed by atoms with Crippen molar-refractivity contribution >= 4 is 40.9 Å². The lowest BCUT2D eigenvalue weighted by atomic mass is 10.2. The predicted molar refractivity (Wildman–Crippen MR) is 161 cm³/mol. The van der Waals surface area contributed by atoms with Crippen molar-refractivity contribution in [2.75, 3.05) is 0 Å². The van der Waals surface area contributed by atoms with Crippen LogP contribution in [0.3, 0.4) is 0 Å². The highest BCUT2D eigenvalue weighted by atomic mass is 35.5. The summed E-state index contributed by atoms with van der Waals surface area (Å²) >= 11 is 2.78. The van der Waals surface area contributed by atoms with Gasteiger partial charge in [0.2, 0.25) is 5.82 Å². The van der Waals surface area contributed by atoms with Gasteiger partial charge in [0.05, 0.1) is 13.1 Å². The van der Waals surface area contributed by atoms with Crippen LogP contribution in [0.2, 0.25) is 0 Å². The van der Waals surface area contributed by atoms with Crippen molar-refractivity contribution in [3.63, 3.8) is 0 Å². The highest BCUT2D eigenvalue weighted by Gasteiger charge is 2.17.